The van der Waals surface area contributed by atoms with E-state index >= 15 is 0 Å². The molecule has 1 fully saturated rings. The van der Waals surface area contributed by atoms with Crippen LogP contribution in [0.4, 0.5) is 0 Å². The zero-order valence-corrected chi connectivity index (χ0v) is 11.9. The Labute approximate surface area is 114 Å². The lowest BCUT2D eigenvalue weighted by atomic mass is 9.64. The third-order valence-electron chi connectivity index (χ3n) is 3.52. The molecule has 0 spiro atoms. The Balaban J connectivity index is 1.93. The number of hydrogen-bond donors (Lipinski definition) is 0. The highest BCUT2D eigenvalue weighted by Gasteiger charge is 2.41. The second kappa shape index (κ2) is 4.95. The summed E-state index contributed by atoms with van der Waals surface area (Å²) in [5.41, 5.74) is 0.699. The molecule has 0 saturated heterocycles. The normalized spacial score (nSPS) is 26.5. The van der Waals surface area contributed by atoms with Crippen LogP contribution >= 0.6 is 0 Å². The van der Waals surface area contributed by atoms with Crippen molar-refractivity contribution in [2.45, 2.75) is 31.6 Å². The van der Waals surface area contributed by atoms with Crippen molar-refractivity contribution in [1.29, 1.82) is 5.26 Å². The predicted molar refractivity (Wildman–Crippen MR) is 70.8 cm³/mol. The van der Waals surface area contributed by atoms with Crippen molar-refractivity contribution in [3.05, 3.63) is 29.8 Å². The first kappa shape index (κ1) is 14.0. The molecule has 0 aliphatic heterocycles. The van der Waals surface area contributed by atoms with Crippen LogP contribution in [0.5, 0.6) is 0 Å². The Hall–Kier alpha value is -1.38. The molecule has 5 heteroatoms. The molecular weight excluding hydrogens is 262 g/mol. The Morgan fingerprint density at radius 3 is 2.47 bits per heavy atom. The summed E-state index contributed by atoms with van der Waals surface area (Å²) in [6, 6.07) is 8.82. The molecule has 1 aromatic carbocycles. The van der Waals surface area contributed by atoms with E-state index in [0.717, 1.165) is 5.56 Å². The minimum atomic E-state index is -3.68. The first-order chi connectivity index (χ1) is 8.85. The highest BCUT2D eigenvalue weighted by Crippen LogP contribution is 2.44. The second-order valence-corrected chi connectivity index (χ2v) is 7.11. The third-order valence-corrected chi connectivity index (χ3v) is 4.81. The maximum Gasteiger partial charge on any atom is 0.296 e. The summed E-state index contributed by atoms with van der Waals surface area (Å²) < 4.78 is 28.9. The minimum absolute atomic E-state index is 0.157. The van der Waals surface area contributed by atoms with Gasteiger partial charge in [-0.2, -0.15) is 13.7 Å². The maximum atomic E-state index is 11.9. The predicted octanol–water partition coefficient (Wildman–Crippen LogP) is 2.64. The number of aryl methyl sites for hydroxylation is 1. The summed E-state index contributed by atoms with van der Waals surface area (Å²) in [7, 11) is -3.68. The van der Waals surface area contributed by atoms with Crippen LogP contribution in [0.3, 0.4) is 0 Å². The van der Waals surface area contributed by atoms with Crippen molar-refractivity contribution in [1.82, 2.24) is 0 Å². The number of benzene rings is 1. The van der Waals surface area contributed by atoms with Gasteiger partial charge in [0, 0.05) is 0 Å². The fourth-order valence-electron chi connectivity index (χ4n) is 2.38. The van der Waals surface area contributed by atoms with Crippen LogP contribution in [-0.4, -0.2) is 15.0 Å². The van der Waals surface area contributed by atoms with Gasteiger partial charge in [-0.25, -0.2) is 0 Å². The molecule has 0 amide bonds. The van der Waals surface area contributed by atoms with Crippen LogP contribution in [0.1, 0.15) is 25.3 Å². The smallest absolute Gasteiger partial charge is 0.266 e. The molecule has 1 aliphatic rings. The minimum Gasteiger partial charge on any atom is -0.266 e. The Morgan fingerprint density at radius 1 is 1.37 bits per heavy atom. The molecule has 4 nitrogen and oxygen atoms in total. The lowest BCUT2D eigenvalue weighted by Crippen LogP contribution is -2.36. The number of nitrogens with zero attached hydrogens (tertiary/aromatic N) is 1. The molecule has 0 N–H and O–H groups in total. The highest BCUT2D eigenvalue weighted by atomic mass is 32.2. The highest BCUT2D eigenvalue weighted by molar-refractivity contribution is 7.86. The Kier molecular flexibility index (Phi) is 3.66. The van der Waals surface area contributed by atoms with Gasteiger partial charge < -0.3 is 0 Å². The maximum absolute atomic E-state index is 11.9. The van der Waals surface area contributed by atoms with E-state index in [1.165, 1.54) is 0 Å². The molecule has 0 radical (unpaired) electrons. The molecule has 0 unspecified atom stereocenters. The standard InChI is InChI=1S/C14H17NO3S/c1-11-3-5-13(6-4-11)19(16,17)18-9-12-7-14(2,8-12)10-15/h3-6,12H,7-9H2,1-2H3. The van der Waals surface area contributed by atoms with E-state index in [1.807, 2.05) is 13.8 Å². The van der Waals surface area contributed by atoms with Gasteiger partial charge >= 0.3 is 0 Å². The van der Waals surface area contributed by atoms with Gasteiger partial charge in [0.25, 0.3) is 10.1 Å². The monoisotopic (exact) mass is 279 g/mol. The summed E-state index contributed by atoms with van der Waals surface area (Å²) in [6.07, 6.45) is 1.40. The van der Waals surface area contributed by atoms with Crippen LogP contribution in [0.15, 0.2) is 29.2 Å². The second-order valence-electron chi connectivity index (χ2n) is 5.50. The largest absolute Gasteiger partial charge is 0.296 e. The van der Waals surface area contributed by atoms with E-state index in [9.17, 15) is 8.42 Å². The molecule has 1 aromatic rings. The van der Waals surface area contributed by atoms with Crippen molar-refractivity contribution >= 4 is 10.1 Å². The van der Waals surface area contributed by atoms with Crippen molar-refractivity contribution in [3.8, 4) is 6.07 Å². The zero-order valence-electron chi connectivity index (χ0n) is 11.1. The van der Waals surface area contributed by atoms with Gasteiger partial charge in [0.15, 0.2) is 0 Å². The molecule has 102 valence electrons. The fraction of sp³-hybridized carbons (Fsp3) is 0.500. The fourth-order valence-corrected chi connectivity index (χ4v) is 3.36. The summed E-state index contributed by atoms with van der Waals surface area (Å²) in [4.78, 5) is 0.181. The number of rotatable bonds is 4. The van der Waals surface area contributed by atoms with Crippen LogP contribution < -0.4 is 0 Å². The summed E-state index contributed by atoms with van der Waals surface area (Å²) in [6.45, 7) is 3.94. The van der Waals surface area contributed by atoms with Crippen molar-refractivity contribution in [2.24, 2.45) is 11.3 Å². The van der Waals surface area contributed by atoms with Crippen molar-refractivity contribution < 1.29 is 12.6 Å². The van der Waals surface area contributed by atoms with E-state index in [1.54, 1.807) is 24.3 Å². The lowest BCUT2D eigenvalue weighted by molar-refractivity contribution is 0.0865. The first-order valence-electron chi connectivity index (χ1n) is 6.22. The summed E-state index contributed by atoms with van der Waals surface area (Å²) >= 11 is 0. The van der Waals surface area contributed by atoms with Gasteiger partial charge in [-0.05, 0) is 44.7 Å². The van der Waals surface area contributed by atoms with Gasteiger partial charge in [0.1, 0.15) is 0 Å². The van der Waals surface area contributed by atoms with E-state index < -0.39 is 10.1 Å². The van der Waals surface area contributed by atoms with Crippen molar-refractivity contribution in [2.75, 3.05) is 6.61 Å². The molecular formula is C14H17NO3S. The molecule has 0 bridgehead atoms. The molecule has 1 aliphatic carbocycles. The van der Waals surface area contributed by atoms with Gasteiger partial charge in [0.05, 0.1) is 23.0 Å². The van der Waals surface area contributed by atoms with E-state index in [2.05, 4.69) is 6.07 Å². The van der Waals surface area contributed by atoms with Gasteiger partial charge in [-0.1, -0.05) is 17.7 Å². The molecule has 1 saturated carbocycles. The topological polar surface area (TPSA) is 67.2 Å². The van der Waals surface area contributed by atoms with E-state index in [0.29, 0.717) is 12.8 Å². The van der Waals surface area contributed by atoms with Gasteiger partial charge in [0.2, 0.25) is 0 Å². The Bertz CT molecular complexity index is 593. The number of nitriles is 1. The van der Waals surface area contributed by atoms with Gasteiger partial charge in [-0.15, -0.1) is 0 Å². The number of hydrogen-bond acceptors (Lipinski definition) is 4. The molecule has 0 aromatic heterocycles. The quantitative estimate of drug-likeness (QED) is 0.795. The average molecular weight is 279 g/mol. The molecule has 2 rings (SSSR count). The average Bonchev–Trinajstić information content (AvgIpc) is 2.34. The summed E-state index contributed by atoms with van der Waals surface area (Å²) in [5, 5.41) is 8.89. The molecule has 0 atom stereocenters. The first-order valence-corrected chi connectivity index (χ1v) is 7.63. The molecule has 19 heavy (non-hydrogen) atoms. The van der Waals surface area contributed by atoms with Crippen LogP contribution in [0.25, 0.3) is 0 Å². The van der Waals surface area contributed by atoms with Crippen LogP contribution in [0, 0.1) is 29.6 Å². The Morgan fingerprint density at radius 2 is 1.95 bits per heavy atom. The van der Waals surface area contributed by atoms with Crippen LogP contribution in [0.2, 0.25) is 0 Å². The summed E-state index contributed by atoms with van der Waals surface area (Å²) in [5.74, 6) is 0.157. The van der Waals surface area contributed by atoms with E-state index in [4.69, 9.17) is 9.44 Å². The molecule has 0 heterocycles. The third kappa shape index (κ3) is 3.14. The van der Waals surface area contributed by atoms with Gasteiger partial charge in [-0.3, -0.25) is 4.18 Å². The van der Waals surface area contributed by atoms with Crippen LogP contribution in [-0.2, 0) is 14.3 Å². The van der Waals surface area contributed by atoms with Crippen molar-refractivity contribution in [3.63, 3.8) is 0 Å². The lowest BCUT2D eigenvalue weighted by Gasteiger charge is -2.39. The zero-order chi connectivity index (χ0) is 14.1. The SMILES string of the molecule is Cc1ccc(S(=O)(=O)OCC2CC(C)(C#N)C2)cc1. The van der Waals surface area contributed by atoms with E-state index in [-0.39, 0.29) is 22.8 Å².